The van der Waals surface area contributed by atoms with Crippen molar-refractivity contribution in [1.82, 2.24) is 37.2 Å². The van der Waals surface area contributed by atoms with E-state index in [1.807, 2.05) is 69.2 Å². The second-order valence-electron chi connectivity index (χ2n) is 17.8. The molecule has 5 unspecified atom stereocenters. The van der Waals surface area contributed by atoms with E-state index in [0.717, 1.165) is 0 Å². The topological polar surface area (TPSA) is 230 Å². The van der Waals surface area contributed by atoms with Crippen LogP contribution in [0.3, 0.4) is 0 Å². The molecule has 1 heterocycles. The minimum atomic E-state index is -1.53. The molecule has 0 aromatic heterocycles. The minimum Gasteiger partial charge on any atom is -0.458 e. The predicted octanol–water partition coefficient (Wildman–Crippen LogP) is 2.38. The van der Waals surface area contributed by atoms with Crippen molar-refractivity contribution in [3.63, 3.8) is 0 Å². The van der Waals surface area contributed by atoms with Crippen LogP contribution in [0.2, 0.25) is 0 Å². The van der Waals surface area contributed by atoms with Crippen LogP contribution in [0.1, 0.15) is 135 Å². The molecule has 9 atom stereocenters. The van der Waals surface area contributed by atoms with Crippen molar-refractivity contribution in [2.24, 2.45) is 29.6 Å². The maximum atomic E-state index is 14.2. The Morgan fingerprint density at radius 3 is 1.58 bits per heavy atom. The molecule has 1 aliphatic heterocycles. The fourth-order valence-corrected chi connectivity index (χ4v) is 6.56. The Balaban J connectivity index is 3.84. The highest BCUT2D eigenvalue weighted by molar-refractivity contribution is 5.99. The number of carbonyl (C=O) groups excluding carboxylic acids is 8. The molecule has 0 saturated carbocycles. The van der Waals surface area contributed by atoms with Crippen molar-refractivity contribution in [3.05, 3.63) is 0 Å². The fraction of sp³-hybridized carbons (Fsp3) is 0.805. The summed E-state index contributed by atoms with van der Waals surface area (Å²) in [7, 11) is 0. The van der Waals surface area contributed by atoms with Crippen LogP contribution < -0.4 is 37.2 Å². The van der Waals surface area contributed by atoms with E-state index in [1.54, 1.807) is 6.92 Å². The lowest BCUT2D eigenvalue weighted by molar-refractivity contribution is -0.155. The first-order valence-corrected chi connectivity index (χ1v) is 20.6. The number of nitrogens with one attached hydrogen (secondary N) is 7. The zero-order valence-electron chi connectivity index (χ0n) is 36.8. The van der Waals surface area contributed by atoms with Crippen LogP contribution in [0.15, 0.2) is 0 Å². The van der Waals surface area contributed by atoms with Crippen molar-refractivity contribution in [2.75, 3.05) is 0 Å². The Kier molecular flexibility index (Phi) is 20.7. The Hall–Kier alpha value is -4.24. The number of cyclic esters (lactones) is 1. The van der Waals surface area contributed by atoms with Crippen LogP contribution in [0, 0.1) is 29.6 Å². The fourth-order valence-electron chi connectivity index (χ4n) is 6.56. The molecule has 57 heavy (non-hydrogen) atoms. The van der Waals surface area contributed by atoms with Crippen LogP contribution in [-0.4, -0.2) is 95.2 Å². The third-order valence-electron chi connectivity index (χ3n) is 9.79. The molecule has 7 amide bonds. The highest BCUT2D eigenvalue weighted by atomic mass is 16.5. The van der Waals surface area contributed by atoms with Crippen LogP contribution in [0.25, 0.3) is 0 Å². The van der Waals surface area contributed by atoms with E-state index in [-0.39, 0.29) is 61.7 Å². The molecule has 1 rings (SSSR count). The summed E-state index contributed by atoms with van der Waals surface area (Å²) < 4.78 is 5.61. The number of ether oxygens (including phenoxy) is 1. The van der Waals surface area contributed by atoms with E-state index in [2.05, 4.69) is 37.2 Å². The summed E-state index contributed by atoms with van der Waals surface area (Å²) in [5.41, 5.74) is -1.53. The molecular formula is C41H73N7O9. The largest absolute Gasteiger partial charge is 0.458 e. The summed E-state index contributed by atoms with van der Waals surface area (Å²) in [6, 6.07) is -7.20. The number of carbonyl (C=O) groups is 8. The van der Waals surface area contributed by atoms with Crippen LogP contribution in [-0.2, 0) is 43.1 Å². The second-order valence-corrected chi connectivity index (χ2v) is 17.8. The highest BCUT2D eigenvalue weighted by Gasteiger charge is 2.41. The molecule has 0 radical (unpaired) electrons. The van der Waals surface area contributed by atoms with Gasteiger partial charge in [0.25, 0.3) is 0 Å². The molecule has 0 aliphatic carbocycles. The van der Waals surface area contributed by atoms with Crippen LogP contribution in [0.5, 0.6) is 0 Å². The van der Waals surface area contributed by atoms with E-state index >= 15 is 0 Å². The van der Waals surface area contributed by atoms with Gasteiger partial charge in [-0.15, -0.1) is 0 Å². The normalized spacial score (nSPS) is 28.6. The van der Waals surface area contributed by atoms with Gasteiger partial charge in [-0.25, -0.2) is 4.79 Å². The van der Waals surface area contributed by atoms with E-state index in [0.29, 0.717) is 6.42 Å². The third-order valence-corrected chi connectivity index (χ3v) is 9.79. The van der Waals surface area contributed by atoms with Crippen molar-refractivity contribution in [3.8, 4) is 0 Å². The Morgan fingerprint density at radius 2 is 1.09 bits per heavy atom. The first kappa shape index (κ1) is 50.8. The summed E-state index contributed by atoms with van der Waals surface area (Å²) in [6.07, 6.45) is 0.320. The number of amides is 7. The molecule has 0 bridgehead atoms. The van der Waals surface area contributed by atoms with Crippen molar-refractivity contribution >= 4 is 47.3 Å². The molecule has 1 saturated heterocycles. The van der Waals surface area contributed by atoms with Gasteiger partial charge >= 0.3 is 5.97 Å². The van der Waals surface area contributed by atoms with Gasteiger partial charge in [-0.3, -0.25) is 33.6 Å². The van der Waals surface area contributed by atoms with Gasteiger partial charge in [-0.05, 0) is 83.0 Å². The standard InChI is InChI=1S/C41H73N7O9/c1-15-25(10)19-32(49)47-33-28(13)57-39(55)27(12)43-35(51)29(16-21(2)3)45-36(52)30(17-22(4)5)46-40(56)41(14,20-24(8)9)48-37(53)31(18-23(6)7)44-34(50)26(11)42-38(33)54/h21-31,33H,15-20H2,1-14H3,(H,42,54)(H,43,51)(H,44,50)(H,45,52)(H,46,56)(H,47,49)(H,48,53)/t25?,26-,27-,28+,29?,30?,31?,33-,41?/m0/s1. The quantitative estimate of drug-likeness (QED) is 0.143. The monoisotopic (exact) mass is 808 g/mol. The van der Waals surface area contributed by atoms with Gasteiger partial charge < -0.3 is 42.0 Å². The summed E-state index contributed by atoms with van der Waals surface area (Å²) in [5.74, 6) is -5.77. The molecule has 0 aromatic carbocycles. The molecule has 0 aromatic rings. The highest BCUT2D eigenvalue weighted by Crippen LogP contribution is 2.20. The molecule has 1 fully saturated rings. The average Bonchev–Trinajstić information content (AvgIpc) is 3.07. The minimum absolute atomic E-state index is 0.00993. The second kappa shape index (κ2) is 23.2. The lowest BCUT2D eigenvalue weighted by Gasteiger charge is -2.35. The molecule has 0 spiro atoms. The van der Waals surface area contributed by atoms with Crippen molar-refractivity contribution in [2.45, 2.75) is 183 Å². The van der Waals surface area contributed by atoms with E-state index in [4.69, 9.17) is 4.74 Å². The smallest absolute Gasteiger partial charge is 0.328 e. The maximum Gasteiger partial charge on any atom is 0.328 e. The molecule has 7 N–H and O–H groups in total. The number of rotatable bonds is 12. The zero-order chi connectivity index (χ0) is 43.9. The first-order valence-electron chi connectivity index (χ1n) is 20.6. The Morgan fingerprint density at radius 1 is 0.632 bits per heavy atom. The van der Waals surface area contributed by atoms with Gasteiger partial charge in [0.2, 0.25) is 41.4 Å². The van der Waals surface area contributed by atoms with Gasteiger partial charge in [-0.1, -0.05) is 75.7 Å². The summed E-state index contributed by atoms with van der Waals surface area (Å²) >= 11 is 0. The number of hydrogen-bond acceptors (Lipinski definition) is 9. The van der Waals surface area contributed by atoms with Gasteiger partial charge in [0.1, 0.15) is 47.9 Å². The Bertz CT molecular complexity index is 1420. The average molecular weight is 808 g/mol. The van der Waals surface area contributed by atoms with Crippen LogP contribution in [0.4, 0.5) is 0 Å². The zero-order valence-corrected chi connectivity index (χ0v) is 36.8. The van der Waals surface area contributed by atoms with Crippen LogP contribution >= 0.6 is 0 Å². The predicted molar refractivity (Wildman–Crippen MR) is 217 cm³/mol. The van der Waals surface area contributed by atoms with Gasteiger partial charge in [0, 0.05) is 6.42 Å². The van der Waals surface area contributed by atoms with Gasteiger partial charge in [0.05, 0.1) is 0 Å². The lowest BCUT2D eigenvalue weighted by Crippen LogP contribution is -2.65. The number of esters is 1. The SMILES string of the molecule is CCC(C)CC(=O)N[C@@H]1C(=O)N[C@@H](C)C(=O)NC(CC(C)C)C(=O)NC(C)(CC(C)C)C(=O)NC(CC(C)C)C(=O)NC(CC(C)C)C(=O)N[C@@H](C)C(=O)O[C@@H]1C. The summed E-state index contributed by atoms with van der Waals surface area (Å²) in [6.45, 7) is 24.6. The Labute approximate surface area is 340 Å². The summed E-state index contributed by atoms with van der Waals surface area (Å²) in [5, 5.41) is 19.0. The molecule has 16 nitrogen and oxygen atoms in total. The third kappa shape index (κ3) is 17.4. The first-order chi connectivity index (χ1) is 26.3. The number of hydrogen-bond donors (Lipinski definition) is 7. The van der Waals surface area contributed by atoms with E-state index < -0.39 is 95.2 Å². The lowest BCUT2D eigenvalue weighted by atomic mass is 9.88. The van der Waals surface area contributed by atoms with Crippen molar-refractivity contribution < 1.29 is 43.1 Å². The van der Waals surface area contributed by atoms with E-state index in [9.17, 15) is 38.4 Å². The summed E-state index contributed by atoms with van der Waals surface area (Å²) in [4.78, 5) is 110. The van der Waals surface area contributed by atoms with Gasteiger partial charge in [0.15, 0.2) is 0 Å². The van der Waals surface area contributed by atoms with Crippen molar-refractivity contribution in [1.29, 1.82) is 0 Å². The molecule has 16 heteroatoms. The molecular weight excluding hydrogens is 734 g/mol. The van der Waals surface area contributed by atoms with E-state index in [1.165, 1.54) is 20.8 Å². The maximum absolute atomic E-state index is 14.2. The molecule has 1 aliphatic rings. The van der Waals surface area contributed by atoms with Gasteiger partial charge in [-0.2, -0.15) is 0 Å². The molecule has 326 valence electrons.